The fraction of sp³-hybridized carbons (Fsp3) is 0.682. The van der Waals surface area contributed by atoms with Crippen LogP contribution in [0.25, 0.3) is 0 Å². The topological polar surface area (TPSA) is 308 Å². The Morgan fingerprint density at radius 2 is 1.27 bits per heavy atom. The van der Waals surface area contributed by atoms with E-state index < -0.39 is 85.4 Å². The third kappa shape index (κ3) is 17.4. The smallest absolute Gasteiger partial charge is 0.239 e. The molecule has 2 atom stereocenters. The van der Waals surface area contributed by atoms with E-state index in [1.54, 1.807) is 0 Å². The molecule has 0 aromatic rings. The number of hydrogen-bond acceptors (Lipinski definition) is 15. The van der Waals surface area contributed by atoms with Gasteiger partial charge in [-0.1, -0.05) is 13.8 Å². The first kappa shape index (κ1) is 36.8. The van der Waals surface area contributed by atoms with Crippen molar-refractivity contribution in [3.63, 3.8) is 0 Å². The zero-order chi connectivity index (χ0) is 30.7. The molecule has 18 heteroatoms. The minimum absolute atomic E-state index is 0.0251. The van der Waals surface area contributed by atoms with E-state index in [0.717, 1.165) is 0 Å². The minimum Gasteiger partial charge on any atom is -0.347 e. The maximum absolute atomic E-state index is 12.7. The van der Waals surface area contributed by atoms with E-state index in [-0.39, 0.29) is 18.9 Å². The van der Waals surface area contributed by atoms with Crippen LogP contribution in [0.1, 0.15) is 33.1 Å². The standard InChI is InChI=1S/C22H43N11O7/c1-12(2)6-14(33-21(40)13(23)4-3-5-27-22(24)25)20(39)17(36)9-32-31-8-16(35)15(34)7-28-18(37)10-29-19(38)11-30-26/h12-14,22,27,30-32H,3-11,23-26H2,1-2H3,(H,28,37)(H,29,38)(H,33,40)/t13-,14-/m0/s1. The van der Waals surface area contributed by atoms with Crippen molar-refractivity contribution in [1.82, 2.24) is 37.5 Å². The van der Waals surface area contributed by atoms with Gasteiger partial charge in [0.25, 0.3) is 0 Å². The van der Waals surface area contributed by atoms with Gasteiger partial charge in [0.1, 0.15) is 6.29 Å². The first-order valence-corrected chi connectivity index (χ1v) is 12.6. The Labute approximate surface area is 232 Å². The summed E-state index contributed by atoms with van der Waals surface area (Å²) >= 11 is 0. The maximum Gasteiger partial charge on any atom is 0.239 e. The number of carbonyl (C=O) groups is 7. The van der Waals surface area contributed by atoms with E-state index in [2.05, 4.69) is 37.5 Å². The quantitative estimate of drug-likeness (QED) is 0.0178. The summed E-state index contributed by atoms with van der Waals surface area (Å²) in [5.41, 5.74) is 23.5. The van der Waals surface area contributed by atoms with Gasteiger partial charge >= 0.3 is 0 Å². The Morgan fingerprint density at radius 3 is 1.85 bits per heavy atom. The van der Waals surface area contributed by atoms with Crippen LogP contribution in [-0.2, 0) is 33.6 Å². The van der Waals surface area contributed by atoms with E-state index >= 15 is 0 Å². The molecule has 3 amide bonds. The molecule has 0 aliphatic rings. The van der Waals surface area contributed by atoms with Gasteiger partial charge in [-0.05, 0) is 31.7 Å². The van der Waals surface area contributed by atoms with Gasteiger partial charge in [0, 0.05) is 0 Å². The molecule has 0 spiro atoms. The van der Waals surface area contributed by atoms with Crippen molar-refractivity contribution in [2.75, 3.05) is 39.3 Å². The lowest BCUT2D eigenvalue weighted by molar-refractivity contribution is -0.139. The molecule has 0 aromatic heterocycles. The number of hydrogen-bond donors (Lipinski definition) is 11. The van der Waals surface area contributed by atoms with Crippen molar-refractivity contribution in [2.45, 2.75) is 51.5 Å². The summed E-state index contributed by atoms with van der Waals surface area (Å²) in [6.07, 6.45) is 0.320. The first-order chi connectivity index (χ1) is 18.8. The van der Waals surface area contributed by atoms with Gasteiger partial charge in [-0.3, -0.25) is 50.1 Å². The molecular weight excluding hydrogens is 530 g/mol. The second-order valence-corrected chi connectivity index (χ2v) is 9.19. The van der Waals surface area contributed by atoms with Crippen LogP contribution in [-0.4, -0.2) is 98.5 Å². The lowest BCUT2D eigenvalue weighted by Gasteiger charge is -2.21. The number of nitrogens with two attached hydrogens (primary N) is 4. The fourth-order valence-electron chi connectivity index (χ4n) is 3.04. The van der Waals surface area contributed by atoms with Crippen LogP contribution in [0.15, 0.2) is 0 Å². The Bertz CT molecular complexity index is 883. The minimum atomic E-state index is -1.09. The average Bonchev–Trinajstić information content (AvgIpc) is 2.89. The molecule has 228 valence electrons. The van der Waals surface area contributed by atoms with Crippen molar-refractivity contribution in [3.8, 4) is 0 Å². The van der Waals surface area contributed by atoms with Gasteiger partial charge in [0.05, 0.1) is 44.8 Å². The Kier molecular flexibility index (Phi) is 19.0. The third-order valence-electron chi connectivity index (χ3n) is 5.11. The van der Waals surface area contributed by atoms with Gasteiger partial charge in [-0.2, -0.15) is 0 Å². The van der Waals surface area contributed by atoms with Gasteiger partial charge in [0.2, 0.25) is 40.9 Å². The number of Topliss-reactive ketones (excluding diaryl/α,β-unsaturated/α-hetero) is 4. The van der Waals surface area contributed by atoms with Gasteiger partial charge in [-0.25, -0.2) is 10.9 Å². The molecule has 0 unspecified atom stereocenters. The number of hydrazine groups is 2. The van der Waals surface area contributed by atoms with E-state index in [1.807, 2.05) is 13.8 Å². The summed E-state index contributed by atoms with van der Waals surface area (Å²) in [6, 6.07) is -2.00. The molecule has 0 heterocycles. The molecule has 18 nitrogen and oxygen atoms in total. The Morgan fingerprint density at radius 1 is 0.725 bits per heavy atom. The summed E-state index contributed by atoms with van der Waals surface area (Å²) in [4.78, 5) is 84.1. The highest BCUT2D eigenvalue weighted by molar-refractivity contribution is 6.40. The monoisotopic (exact) mass is 573 g/mol. The van der Waals surface area contributed by atoms with Crippen LogP contribution in [0.4, 0.5) is 0 Å². The van der Waals surface area contributed by atoms with Crippen LogP contribution < -0.4 is 60.6 Å². The van der Waals surface area contributed by atoms with Crippen LogP contribution in [0.5, 0.6) is 0 Å². The zero-order valence-corrected chi connectivity index (χ0v) is 22.8. The molecule has 0 saturated heterocycles. The first-order valence-electron chi connectivity index (χ1n) is 12.6. The highest BCUT2D eigenvalue weighted by atomic mass is 16.2. The summed E-state index contributed by atoms with van der Waals surface area (Å²) < 4.78 is 0. The Balaban J connectivity index is 4.53. The van der Waals surface area contributed by atoms with E-state index in [0.29, 0.717) is 19.4 Å². The second kappa shape index (κ2) is 20.6. The lowest BCUT2D eigenvalue weighted by Crippen LogP contribution is -2.52. The number of amides is 3. The summed E-state index contributed by atoms with van der Waals surface area (Å²) in [7, 11) is 0. The summed E-state index contributed by atoms with van der Waals surface area (Å²) in [5.74, 6) is -0.441. The number of nitrogens with one attached hydrogen (secondary N) is 7. The van der Waals surface area contributed by atoms with Gasteiger partial charge in [0.15, 0.2) is 0 Å². The summed E-state index contributed by atoms with van der Waals surface area (Å²) in [5, 5.41) is 9.72. The predicted molar refractivity (Wildman–Crippen MR) is 143 cm³/mol. The molecule has 0 fully saturated rings. The maximum atomic E-state index is 12.7. The molecule has 0 rings (SSSR count). The van der Waals surface area contributed by atoms with Gasteiger partial charge in [-0.15, -0.1) is 0 Å². The molecule has 0 radical (unpaired) electrons. The molecule has 0 aliphatic carbocycles. The molecule has 0 bridgehead atoms. The van der Waals surface area contributed by atoms with Crippen molar-refractivity contribution in [3.05, 3.63) is 0 Å². The lowest BCUT2D eigenvalue weighted by atomic mass is 9.97. The molecule has 0 aromatic carbocycles. The van der Waals surface area contributed by atoms with Crippen molar-refractivity contribution >= 4 is 40.9 Å². The predicted octanol–water partition coefficient (Wildman–Crippen LogP) is -6.52. The van der Waals surface area contributed by atoms with Crippen LogP contribution in [0, 0.1) is 5.92 Å². The third-order valence-corrected chi connectivity index (χ3v) is 5.11. The molecule has 0 aliphatic heterocycles. The molecule has 40 heavy (non-hydrogen) atoms. The van der Waals surface area contributed by atoms with Crippen LogP contribution >= 0.6 is 0 Å². The highest BCUT2D eigenvalue weighted by Gasteiger charge is 2.28. The number of ketones is 4. The largest absolute Gasteiger partial charge is 0.347 e. The van der Waals surface area contributed by atoms with Crippen molar-refractivity contribution in [2.24, 2.45) is 29.0 Å². The van der Waals surface area contributed by atoms with Crippen molar-refractivity contribution in [1.29, 1.82) is 0 Å². The summed E-state index contributed by atoms with van der Waals surface area (Å²) in [6.45, 7) is 1.82. The van der Waals surface area contributed by atoms with Crippen LogP contribution in [0.2, 0.25) is 0 Å². The fourth-order valence-corrected chi connectivity index (χ4v) is 3.04. The molecule has 15 N–H and O–H groups in total. The molecule has 0 saturated carbocycles. The van der Waals surface area contributed by atoms with E-state index in [4.69, 9.17) is 23.0 Å². The Hall–Kier alpha value is -3.23. The van der Waals surface area contributed by atoms with Gasteiger partial charge < -0.3 is 33.2 Å². The normalized spacial score (nSPS) is 12.5. The van der Waals surface area contributed by atoms with Crippen LogP contribution in [0.3, 0.4) is 0 Å². The average molecular weight is 574 g/mol. The van der Waals surface area contributed by atoms with Crippen molar-refractivity contribution < 1.29 is 33.6 Å². The molecular formula is C22H43N11O7. The zero-order valence-electron chi connectivity index (χ0n) is 22.8. The second-order valence-electron chi connectivity index (χ2n) is 9.19. The van der Waals surface area contributed by atoms with E-state index in [1.165, 1.54) is 0 Å². The number of carbonyl (C=O) groups excluding carboxylic acids is 7. The SMILES string of the molecule is CC(C)C[C@H](NC(=O)[C@@H](N)CCCNC(N)N)C(=O)C(=O)CNNCC(=O)C(=O)CNC(=O)CNC(=O)CNN. The number of rotatable bonds is 23. The highest BCUT2D eigenvalue weighted by Crippen LogP contribution is 2.07. The van der Waals surface area contributed by atoms with E-state index in [9.17, 15) is 33.6 Å².